The molecule has 4 rings (SSSR count). The molecule has 0 aliphatic rings. The number of nitrogens with one attached hydrogen (secondary N) is 1. The summed E-state index contributed by atoms with van der Waals surface area (Å²) in [4.78, 5) is 21.3. The van der Waals surface area contributed by atoms with Gasteiger partial charge in [0.2, 0.25) is 5.91 Å². The molecule has 6 nitrogen and oxygen atoms in total. The van der Waals surface area contributed by atoms with Crippen molar-refractivity contribution in [3.05, 3.63) is 89.1 Å². The highest BCUT2D eigenvalue weighted by Gasteiger charge is 2.11. The molecule has 0 saturated carbocycles. The van der Waals surface area contributed by atoms with Crippen LogP contribution in [-0.4, -0.2) is 15.9 Å². The van der Waals surface area contributed by atoms with Gasteiger partial charge >= 0.3 is 0 Å². The van der Waals surface area contributed by atoms with Crippen LogP contribution in [0.4, 0.5) is 5.69 Å². The highest BCUT2D eigenvalue weighted by molar-refractivity contribution is 7.13. The maximum Gasteiger partial charge on any atom is 0.230 e. The Morgan fingerprint density at radius 3 is 2.65 bits per heavy atom. The first-order valence-corrected chi connectivity index (χ1v) is 10.4. The Morgan fingerprint density at radius 1 is 1.13 bits per heavy atom. The Kier molecular flexibility index (Phi) is 6.01. The summed E-state index contributed by atoms with van der Waals surface area (Å²) in [7, 11) is 0. The number of carbonyl (C=O) groups is 1. The van der Waals surface area contributed by atoms with E-state index in [0.29, 0.717) is 22.8 Å². The predicted molar refractivity (Wildman–Crippen MR) is 120 cm³/mol. The minimum absolute atomic E-state index is 0.137. The van der Waals surface area contributed by atoms with Crippen molar-refractivity contribution in [1.82, 2.24) is 9.97 Å². The van der Waals surface area contributed by atoms with Crippen molar-refractivity contribution >= 4 is 22.9 Å². The molecule has 7 heteroatoms. The number of aryl methyl sites for hydroxylation is 1. The molecular weight excluding hydrogens is 408 g/mol. The van der Waals surface area contributed by atoms with E-state index in [0.717, 1.165) is 22.0 Å². The van der Waals surface area contributed by atoms with Crippen LogP contribution < -0.4 is 10.1 Å². The minimum Gasteiger partial charge on any atom is -0.457 e. The van der Waals surface area contributed by atoms with Gasteiger partial charge in [0, 0.05) is 17.3 Å². The molecule has 0 aliphatic carbocycles. The van der Waals surface area contributed by atoms with E-state index < -0.39 is 0 Å². The van der Waals surface area contributed by atoms with Gasteiger partial charge in [-0.2, -0.15) is 5.26 Å². The Hall–Kier alpha value is -4.02. The molecule has 31 heavy (non-hydrogen) atoms. The standard InChI is InChI=1S/C24H18N4O2S/c1-16-12-20(30-19-7-5-17(14-25)6-8-19)9-10-21(16)28-23(29)13-18-15-31-24(27-18)22-4-2-3-11-26-22/h2-12,15H,13H2,1H3,(H,28,29). The summed E-state index contributed by atoms with van der Waals surface area (Å²) >= 11 is 1.47. The second-order valence-corrected chi connectivity index (χ2v) is 7.66. The van der Waals surface area contributed by atoms with Gasteiger partial charge in [-0.3, -0.25) is 9.78 Å². The lowest BCUT2D eigenvalue weighted by molar-refractivity contribution is -0.115. The second kappa shape index (κ2) is 9.20. The van der Waals surface area contributed by atoms with Crippen LogP contribution in [0.2, 0.25) is 0 Å². The fraction of sp³-hybridized carbons (Fsp3) is 0.0833. The van der Waals surface area contributed by atoms with Gasteiger partial charge in [-0.15, -0.1) is 11.3 Å². The van der Waals surface area contributed by atoms with E-state index in [2.05, 4.69) is 21.4 Å². The van der Waals surface area contributed by atoms with Crippen molar-refractivity contribution in [1.29, 1.82) is 5.26 Å². The zero-order valence-electron chi connectivity index (χ0n) is 16.7. The zero-order chi connectivity index (χ0) is 21.6. The van der Waals surface area contributed by atoms with E-state index in [-0.39, 0.29) is 12.3 Å². The number of carbonyl (C=O) groups excluding carboxylic acids is 1. The van der Waals surface area contributed by atoms with Crippen molar-refractivity contribution in [3.63, 3.8) is 0 Å². The van der Waals surface area contributed by atoms with Gasteiger partial charge in [-0.1, -0.05) is 6.07 Å². The fourth-order valence-corrected chi connectivity index (χ4v) is 3.72. The predicted octanol–water partition coefficient (Wildman–Crippen LogP) is 5.36. The van der Waals surface area contributed by atoms with Crippen LogP contribution >= 0.6 is 11.3 Å². The molecular formula is C24H18N4O2S. The third-order valence-corrected chi connectivity index (χ3v) is 5.38. The highest BCUT2D eigenvalue weighted by Crippen LogP contribution is 2.27. The summed E-state index contributed by atoms with van der Waals surface area (Å²) in [6.07, 6.45) is 1.91. The van der Waals surface area contributed by atoms with Crippen LogP contribution in [0.1, 0.15) is 16.8 Å². The van der Waals surface area contributed by atoms with Crippen molar-refractivity contribution < 1.29 is 9.53 Å². The van der Waals surface area contributed by atoms with E-state index in [4.69, 9.17) is 10.00 Å². The van der Waals surface area contributed by atoms with Crippen molar-refractivity contribution in [2.24, 2.45) is 0 Å². The van der Waals surface area contributed by atoms with Crippen LogP contribution in [-0.2, 0) is 11.2 Å². The van der Waals surface area contributed by atoms with Crippen LogP contribution in [0.15, 0.2) is 72.2 Å². The van der Waals surface area contributed by atoms with Crippen LogP contribution in [0.25, 0.3) is 10.7 Å². The first kappa shape index (κ1) is 20.3. The van der Waals surface area contributed by atoms with Crippen LogP contribution in [0.5, 0.6) is 11.5 Å². The molecule has 1 N–H and O–H groups in total. The summed E-state index contributed by atoms with van der Waals surface area (Å²) in [5.41, 5.74) is 3.69. The number of ether oxygens (including phenoxy) is 1. The number of rotatable bonds is 6. The number of nitriles is 1. The lowest BCUT2D eigenvalue weighted by Crippen LogP contribution is -2.15. The molecule has 2 aromatic heterocycles. The summed E-state index contributed by atoms with van der Waals surface area (Å²) in [5.74, 6) is 1.16. The van der Waals surface area contributed by atoms with Gasteiger partial charge in [0.15, 0.2) is 0 Å². The quantitative estimate of drug-likeness (QED) is 0.448. The molecule has 0 aliphatic heterocycles. The third-order valence-electron chi connectivity index (χ3n) is 4.47. The number of amides is 1. The molecule has 4 aromatic rings. The molecule has 2 aromatic carbocycles. The van der Waals surface area contributed by atoms with E-state index >= 15 is 0 Å². The normalized spacial score (nSPS) is 10.3. The Labute approximate surface area is 183 Å². The first-order chi connectivity index (χ1) is 15.1. The first-order valence-electron chi connectivity index (χ1n) is 9.55. The van der Waals surface area contributed by atoms with Crippen LogP contribution in [0.3, 0.4) is 0 Å². The van der Waals surface area contributed by atoms with E-state index in [1.54, 1.807) is 36.5 Å². The zero-order valence-corrected chi connectivity index (χ0v) is 17.5. The molecule has 0 bridgehead atoms. The number of benzene rings is 2. The molecule has 0 unspecified atom stereocenters. The lowest BCUT2D eigenvalue weighted by atomic mass is 10.2. The van der Waals surface area contributed by atoms with E-state index in [9.17, 15) is 4.79 Å². The Balaban J connectivity index is 1.38. The molecule has 0 spiro atoms. The van der Waals surface area contributed by atoms with Gasteiger partial charge in [0.25, 0.3) is 0 Å². The van der Waals surface area contributed by atoms with Gasteiger partial charge in [-0.25, -0.2) is 4.98 Å². The number of aromatic nitrogens is 2. The van der Waals surface area contributed by atoms with Crippen molar-refractivity contribution in [3.8, 4) is 28.3 Å². The van der Waals surface area contributed by atoms with Crippen LogP contribution in [0, 0.1) is 18.3 Å². The lowest BCUT2D eigenvalue weighted by Gasteiger charge is -2.11. The average molecular weight is 427 g/mol. The largest absolute Gasteiger partial charge is 0.457 e. The monoisotopic (exact) mass is 426 g/mol. The molecule has 2 heterocycles. The number of anilines is 1. The summed E-state index contributed by atoms with van der Waals surface area (Å²) in [5, 5.41) is 14.5. The Morgan fingerprint density at radius 2 is 1.94 bits per heavy atom. The molecule has 0 atom stereocenters. The number of thiazole rings is 1. The topological polar surface area (TPSA) is 87.9 Å². The molecule has 152 valence electrons. The second-order valence-electron chi connectivity index (χ2n) is 6.80. The minimum atomic E-state index is -0.137. The average Bonchev–Trinajstić information content (AvgIpc) is 3.25. The van der Waals surface area contributed by atoms with E-state index in [1.165, 1.54) is 11.3 Å². The highest BCUT2D eigenvalue weighted by atomic mass is 32.1. The maximum absolute atomic E-state index is 12.5. The van der Waals surface area contributed by atoms with Gasteiger partial charge in [0.1, 0.15) is 16.5 Å². The third kappa shape index (κ3) is 5.13. The summed E-state index contributed by atoms with van der Waals surface area (Å²) in [6, 6.07) is 20.1. The molecule has 0 saturated heterocycles. The number of hydrogen-bond acceptors (Lipinski definition) is 6. The maximum atomic E-state index is 12.5. The molecule has 0 radical (unpaired) electrons. The van der Waals surface area contributed by atoms with E-state index in [1.807, 2.05) is 42.6 Å². The van der Waals surface area contributed by atoms with Gasteiger partial charge in [0.05, 0.1) is 29.4 Å². The van der Waals surface area contributed by atoms with Gasteiger partial charge in [-0.05, 0) is 67.1 Å². The summed E-state index contributed by atoms with van der Waals surface area (Å²) in [6.45, 7) is 1.91. The number of pyridine rings is 1. The Bertz CT molecular complexity index is 1240. The van der Waals surface area contributed by atoms with Crippen molar-refractivity contribution in [2.75, 3.05) is 5.32 Å². The number of nitrogens with zero attached hydrogens (tertiary/aromatic N) is 3. The smallest absolute Gasteiger partial charge is 0.230 e. The SMILES string of the molecule is Cc1cc(Oc2ccc(C#N)cc2)ccc1NC(=O)Cc1csc(-c2ccccn2)n1. The fourth-order valence-electron chi connectivity index (χ4n) is 2.93. The summed E-state index contributed by atoms with van der Waals surface area (Å²) < 4.78 is 5.82. The van der Waals surface area contributed by atoms with Gasteiger partial charge < -0.3 is 10.1 Å². The van der Waals surface area contributed by atoms with Crippen molar-refractivity contribution in [2.45, 2.75) is 13.3 Å². The number of hydrogen-bond donors (Lipinski definition) is 1. The molecule has 1 amide bonds. The molecule has 0 fully saturated rings.